The number of carbonyl (C=O) groups is 1. The van der Waals surface area contributed by atoms with E-state index in [9.17, 15) is 4.79 Å². The number of anilines is 1. The first kappa shape index (κ1) is 22.2. The maximum atomic E-state index is 13.2. The molecule has 1 amide bonds. The molecule has 0 unspecified atom stereocenters. The van der Waals surface area contributed by atoms with Gasteiger partial charge in [0.2, 0.25) is 11.7 Å². The summed E-state index contributed by atoms with van der Waals surface area (Å²) in [6.07, 6.45) is 4.88. The maximum absolute atomic E-state index is 13.2. The predicted octanol–water partition coefficient (Wildman–Crippen LogP) is 3.38. The Labute approximate surface area is 204 Å². The molecule has 3 saturated heterocycles. The number of piperidine rings is 2. The highest BCUT2D eigenvalue weighted by atomic mass is 16.7. The van der Waals surface area contributed by atoms with Crippen molar-refractivity contribution in [2.75, 3.05) is 44.3 Å². The largest absolute Gasteiger partial charge is 0.356 e. The van der Waals surface area contributed by atoms with Gasteiger partial charge in [0.15, 0.2) is 5.79 Å². The van der Waals surface area contributed by atoms with Crippen LogP contribution >= 0.6 is 0 Å². The van der Waals surface area contributed by atoms with Crippen molar-refractivity contribution in [3.05, 3.63) is 48.7 Å². The van der Waals surface area contributed by atoms with Crippen LogP contribution in [0.15, 0.2) is 53.2 Å². The third-order valence-electron chi connectivity index (χ3n) is 7.27. The molecule has 1 spiro atoms. The van der Waals surface area contributed by atoms with E-state index >= 15 is 0 Å². The molecule has 3 aromatic rings. The van der Waals surface area contributed by atoms with E-state index in [4.69, 9.17) is 14.0 Å². The number of rotatable bonds is 4. The molecule has 3 aliphatic rings. The molecule has 182 valence electrons. The van der Waals surface area contributed by atoms with Gasteiger partial charge in [-0.25, -0.2) is 4.98 Å². The topological polar surface area (TPSA) is 93.8 Å². The van der Waals surface area contributed by atoms with Gasteiger partial charge in [-0.2, -0.15) is 4.98 Å². The normalized spacial score (nSPS) is 20.5. The average Bonchev–Trinajstić information content (AvgIpc) is 3.60. The molecule has 5 heterocycles. The van der Waals surface area contributed by atoms with Crippen molar-refractivity contribution >= 4 is 11.7 Å². The third-order valence-corrected chi connectivity index (χ3v) is 7.27. The summed E-state index contributed by atoms with van der Waals surface area (Å²) in [5.41, 5.74) is 1.71. The van der Waals surface area contributed by atoms with E-state index in [1.807, 2.05) is 47.4 Å². The summed E-state index contributed by atoms with van der Waals surface area (Å²) in [6, 6.07) is 13.6. The van der Waals surface area contributed by atoms with Crippen LogP contribution in [0, 0.1) is 5.92 Å². The summed E-state index contributed by atoms with van der Waals surface area (Å²) < 4.78 is 17.2. The highest BCUT2D eigenvalue weighted by Crippen LogP contribution is 2.34. The molecule has 0 aliphatic carbocycles. The lowest BCUT2D eigenvalue weighted by Gasteiger charge is -2.40. The Balaban J connectivity index is 1.11. The third kappa shape index (κ3) is 4.41. The van der Waals surface area contributed by atoms with Crippen LogP contribution in [0.25, 0.3) is 22.8 Å². The number of nitrogens with zero attached hydrogens (tertiary/aromatic N) is 5. The Bertz CT molecular complexity index is 1160. The quantitative estimate of drug-likeness (QED) is 0.567. The van der Waals surface area contributed by atoms with Gasteiger partial charge in [0.05, 0.1) is 18.8 Å². The van der Waals surface area contributed by atoms with Crippen LogP contribution in [0.5, 0.6) is 0 Å². The Morgan fingerprint density at radius 1 is 0.943 bits per heavy atom. The number of amides is 1. The molecule has 6 rings (SSSR count). The van der Waals surface area contributed by atoms with E-state index in [0.717, 1.165) is 55.7 Å². The lowest BCUT2D eigenvalue weighted by Crippen LogP contribution is -2.50. The maximum Gasteiger partial charge on any atom is 0.261 e. The SMILES string of the molecule is O=C(C1CCN(c2ncccc2-c2nc(-c3ccccc3)no2)CC1)N1CCC2(CC1)OCCO2. The number of carbonyl (C=O) groups excluding carboxylic acids is 1. The Hall–Kier alpha value is -3.30. The average molecular weight is 476 g/mol. The van der Waals surface area contributed by atoms with Crippen LogP contribution in [0.2, 0.25) is 0 Å². The van der Waals surface area contributed by atoms with Crippen molar-refractivity contribution in [1.82, 2.24) is 20.0 Å². The smallest absolute Gasteiger partial charge is 0.261 e. The van der Waals surface area contributed by atoms with Gasteiger partial charge in [-0.1, -0.05) is 35.5 Å². The summed E-state index contributed by atoms with van der Waals surface area (Å²) >= 11 is 0. The number of ether oxygens (including phenoxy) is 2. The fraction of sp³-hybridized carbons (Fsp3) is 0.462. The fourth-order valence-corrected chi connectivity index (χ4v) is 5.30. The van der Waals surface area contributed by atoms with Gasteiger partial charge in [-0.15, -0.1) is 0 Å². The molecule has 0 radical (unpaired) electrons. The van der Waals surface area contributed by atoms with Crippen LogP contribution < -0.4 is 4.90 Å². The molecular weight excluding hydrogens is 446 g/mol. The van der Waals surface area contributed by atoms with E-state index < -0.39 is 5.79 Å². The minimum atomic E-state index is -0.454. The van der Waals surface area contributed by atoms with Gasteiger partial charge in [0.25, 0.3) is 5.89 Å². The van der Waals surface area contributed by atoms with Crippen LogP contribution in [-0.2, 0) is 14.3 Å². The molecule has 9 heteroatoms. The van der Waals surface area contributed by atoms with Crippen molar-refractivity contribution in [2.45, 2.75) is 31.5 Å². The van der Waals surface area contributed by atoms with Gasteiger partial charge in [-0.05, 0) is 25.0 Å². The van der Waals surface area contributed by atoms with Crippen molar-refractivity contribution in [3.8, 4) is 22.8 Å². The summed E-state index contributed by atoms with van der Waals surface area (Å²) in [6.45, 7) is 4.21. The van der Waals surface area contributed by atoms with Crippen molar-refractivity contribution < 1.29 is 18.8 Å². The monoisotopic (exact) mass is 475 g/mol. The molecule has 35 heavy (non-hydrogen) atoms. The van der Waals surface area contributed by atoms with E-state index in [1.54, 1.807) is 6.20 Å². The standard InChI is InChI=1S/C26H29N5O4/c32-25(31-15-10-26(11-16-31)33-17-18-34-26)20-8-13-30(14-9-20)23-21(7-4-12-27-23)24-28-22(29-35-24)19-5-2-1-3-6-19/h1-7,12,20H,8-11,13-18H2. The Morgan fingerprint density at radius 2 is 1.69 bits per heavy atom. The minimum absolute atomic E-state index is 0.0333. The zero-order chi connectivity index (χ0) is 23.7. The molecule has 0 atom stereocenters. The Kier molecular flexibility index (Phi) is 5.95. The molecule has 9 nitrogen and oxygen atoms in total. The number of hydrogen-bond donors (Lipinski definition) is 0. The fourth-order valence-electron chi connectivity index (χ4n) is 5.30. The summed E-state index contributed by atoms with van der Waals surface area (Å²) in [7, 11) is 0. The first-order chi connectivity index (χ1) is 17.2. The lowest BCUT2D eigenvalue weighted by molar-refractivity contribution is -0.188. The van der Waals surface area contributed by atoms with Gasteiger partial charge >= 0.3 is 0 Å². The number of benzene rings is 1. The highest BCUT2D eigenvalue weighted by Gasteiger charge is 2.42. The van der Waals surface area contributed by atoms with Gasteiger partial charge in [0, 0.05) is 56.7 Å². The Morgan fingerprint density at radius 3 is 2.43 bits per heavy atom. The second-order valence-corrected chi connectivity index (χ2v) is 9.36. The zero-order valence-electron chi connectivity index (χ0n) is 19.6. The van der Waals surface area contributed by atoms with Crippen molar-refractivity contribution in [3.63, 3.8) is 0 Å². The van der Waals surface area contributed by atoms with Gasteiger partial charge < -0.3 is 23.8 Å². The first-order valence-electron chi connectivity index (χ1n) is 12.4. The zero-order valence-corrected chi connectivity index (χ0v) is 19.6. The lowest BCUT2D eigenvalue weighted by atomic mass is 9.93. The van der Waals surface area contributed by atoms with E-state index in [1.165, 1.54) is 0 Å². The predicted molar refractivity (Wildman–Crippen MR) is 128 cm³/mol. The van der Waals surface area contributed by atoms with Crippen LogP contribution in [0.3, 0.4) is 0 Å². The van der Waals surface area contributed by atoms with E-state index in [-0.39, 0.29) is 11.8 Å². The van der Waals surface area contributed by atoms with E-state index in [0.29, 0.717) is 38.0 Å². The van der Waals surface area contributed by atoms with Gasteiger partial charge in [-0.3, -0.25) is 4.79 Å². The molecule has 0 N–H and O–H groups in total. The van der Waals surface area contributed by atoms with Crippen molar-refractivity contribution in [1.29, 1.82) is 0 Å². The van der Waals surface area contributed by atoms with Gasteiger partial charge in [0.1, 0.15) is 5.82 Å². The number of likely N-dealkylation sites (tertiary alicyclic amines) is 1. The molecule has 3 aliphatic heterocycles. The molecule has 1 aromatic carbocycles. The van der Waals surface area contributed by atoms with Crippen LogP contribution in [0.4, 0.5) is 5.82 Å². The molecule has 0 saturated carbocycles. The highest BCUT2D eigenvalue weighted by molar-refractivity contribution is 5.79. The summed E-state index contributed by atoms with van der Waals surface area (Å²) in [5, 5.41) is 4.16. The van der Waals surface area contributed by atoms with Crippen LogP contribution in [0.1, 0.15) is 25.7 Å². The first-order valence-corrected chi connectivity index (χ1v) is 12.4. The molecule has 0 bridgehead atoms. The summed E-state index contributed by atoms with van der Waals surface area (Å²) in [5.74, 6) is 1.65. The number of hydrogen-bond acceptors (Lipinski definition) is 8. The number of pyridine rings is 1. The van der Waals surface area contributed by atoms with Crippen molar-refractivity contribution in [2.24, 2.45) is 5.92 Å². The molecule has 3 fully saturated rings. The number of aromatic nitrogens is 3. The molecule has 2 aromatic heterocycles. The summed E-state index contributed by atoms with van der Waals surface area (Å²) in [4.78, 5) is 26.7. The minimum Gasteiger partial charge on any atom is -0.356 e. The van der Waals surface area contributed by atoms with E-state index in [2.05, 4.69) is 20.0 Å². The second kappa shape index (κ2) is 9.39. The molecular formula is C26H29N5O4. The van der Waals surface area contributed by atoms with Crippen LogP contribution in [-0.4, -0.2) is 71.1 Å². The second-order valence-electron chi connectivity index (χ2n) is 9.36.